The lowest BCUT2D eigenvalue weighted by molar-refractivity contribution is -0.128. The number of nitrogens with two attached hydrogens (primary N) is 1. The van der Waals surface area contributed by atoms with Crippen LogP contribution in [0.2, 0.25) is 0 Å². The van der Waals surface area contributed by atoms with Crippen molar-refractivity contribution in [2.75, 3.05) is 19.4 Å². The summed E-state index contributed by atoms with van der Waals surface area (Å²) < 4.78 is 0. The van der Waals surface area contributed by atoms with Crippen LogP contribution in [0.5, 0.6) is 0 Å². The highest BCUT2D eigenvalue weighted by atomic mass is 16.2. The van der Waals surface area contributed by atoms with E-state index in [1.807, 2.05) is 26.0 Å². The summed E-state index contributed by atoms with van der Waals surface area (Å²) in [7, 11) is 3.46. The van der Waals surface area contributed by atoms with Crippen molar-refractivity contribution >= 4 is 17.5 Å². The molecule has 5 nitrogen and oxygen atoms in total. The molecule has 0 heterocycles. The lowest BCUT2D eigenvalue weighted by Gasteiger charge is -2.14. The molecule has 0 aromatic heterocycles. The number of hydrogen-bond donors (Lipinski definition) is 2. The number of anilines is 1. The smallest absolute Gasteiger partial charge is 0.241 e. The highest BCUT2D eigenvalue weighted by molar-refractivity contribution is 5.94. The highest BCUT2D eigenvalue weighted by Gasteiger charge is 2.15. The molecule has 1 aromatic rings. The average Bonchev–Trinajstić information content (AvgIpc) is 2.39. The van der Waals surface area contributed by atoms with Crippen LogP contribution < -0.4 is 11.1 Å². The fraction of sp³-hybridized carbons (Fsp3) is 0.500. The first-order valence-electron chi connectivity index (χ1n) is 7.15. The van der Waals surface area contributed by atoms with E-state index < -0.39 is 6.04 Å². The first-order valence-corrected chi connectivity index (χ1v) is 7.15. The van der Waals surface area contributed by atoms with Crippen molar-refractivity contribution in [1.29, 1.82) is 0 Å². The highest BCUT2D eigenvalue weighted by Crippen LogP contribution is 2.12. The van der Waals surface area contributed by atoms with E-state index in [0.717, 1.165) is 5.56 Å². The second kappa shape index (κ2) is 7.78. The van der Waals surface area contributed by atoms with Crippen LogP contribution in [0.25, 0.3) is 0 Å². The van der Waals surface area contributed by atoms with Gasteiger partial charge in [0.25, 0.3) is 0 Å². The zero-order valence-corrected chi connectivity index (χ0v) is 13.2. The van der Waals surface area contributed by atoms with Gasteiger partial charge in [0.05, 0.1) is 12.5 Å². The summed E-state index contributed by atoms with van der Waals surface area (Å²) in [4.78, 5) is 25.1. The SMILES string of the molecule is CC(C)C[C@H](N)C(=O)Nc1ccc(CC(=O)N(C)C)cc1. The van der Waals surface area contributed by atoms with Crippen molar-refractivity contribution < 1.29 is 9.59 Å². The third-order valence-corrected chi connectivity index (χ3v) is 3.14. The number of amides is 2. The molecule has 2 amide bonds. The Hall–Kier alpha value is -1.88. The molecular weight excluding hydrogens is 266 g/mol. The Kier molecular flexibility index (Phi) is 6.37. The van der Waals surface area contributed by atoms with Crippen LogP contribution in [-0.4, -0.2) is 36.9 Å². The summed E-state index contributed by atoms with van der Waals surface area (Å²) in [6, 6.07) is 6.76. The van der Waals surface area contributed by atoms with Crippen molar-refractivity contribution in [1.82, 2.24) is 4.90 Å². The minimum atomic E-state index is -0.500. The molecule has 21 heavy (non-hydrogen) atoms. The average molecular weight is 291 g/mol. The molecule has 5 heteroatoms. The molecule has 1 rings (SSSR count). The minimum absolute atomic E-state index is 0.0470. The molecule has 0 spiro atoms. The van der Waals surface area contributed by atoms with Crippen LogP contribution in [0.3, 0.4) is 0 Å². The summed E-state index contributed by atoms with van der Waals surface area (Å²) in [5.41, 5.74) is 7.44. The summed E-state index contributed by atoms with van der Waals surface area (Å²) >= 11 is 0. The predicted molar refractivity (Wildman–Crippen MR) is 84.9 cm³/mol. The summed E-state index contributed by atoms with van der Waals surface area (Å²) in [5.74, 6) is 0.247. The maximum absolute atomic E-state index is 11.9. The van der Waals surface area contributed by atoms with Gasteiger partial charge in [-0.3, -0.25) is 9.59 Å². The van der Waals surface area contributed by atoms with Gasteiger partial charge in [-0.25, -0.2) is 0 Å². The Labute approximate surface area is 126 Å². The molecule has 0 bridgehead atoms. The number of nitrogens with one attached hydrogen (secondary N) is 1. The van der Waals surface area contributed by atoms with E-state index in [2.05, 4.69) is 5.32 Å². The van der Waals surface area contributed by atoms with Gasteiger partial charge in [0, 0.05) is 19.8 Å². The van der Waals surface area contributed by atoms with Crippen LogP contribution in [0.15, 0.2) is 24.3 Å². The molecule has 0 aliphatic rings. The van der Waals surface area contributed by atoms with Gasteiger partial charge in [0.1, 0.15) is 0 Å². The van der Waals surface area contributed by atoms with Crippen LogP contribution >= 0.6 is 0 Å². The molecule has 0 fully saturated rings. The number of hydrogen-bond acceptors (Lipinski definition) is 3. The predicted octanol–water partition coefficient (Wildman–Crippen LogP) is 1.63. The van der Waals surface area contributed by atoms with Crippen molar-refractivity contribution in [2.45, 2.75) is 32.7 Å². The minimum Gasteiger partial charge on any atom is -0.349 e. The number of carbonyl (C=O) groups excluding carboxylic acids is 2. The molecule has 0 aliphatic carbocycles. The number of benzene rings is 1. The molecule has 0 saturated carbocycles. The third-order valence-electron chi connectivity index (χ3n) is 3.14. The number of likely N-dealkylation sites (N-methyl/N-ethyl adjacent to an activating group) is 1. The Morgan fingerprint density at radius 1 is 1.19 bits per heavy atom. The van der Waals surface area contributed by atoms with Crippen molar-refractivity contribution in [3.63, 3.8) is 0 Å². The molecular formula is C16H25N3O2. The third kappa shape index (κ3) is 5.95. The number of nitrogens with zero attached hydrogens (tertiary/aromatic N) is 1. The standard InChI is InChI=1S/C16H25N3O2/c1-11(2)9-14(17)16(21)18-13-7-5-12(6-8-13)10-15(20)19(3)4/h5-8,11,14H,9-10,17H2,1-4H3,(H,18,21)/t14-/m0/s1. The maximum Gasteiger partial charge on any atom is 0.241 e. The van der Waals surface area contributed by atoms with Crippen LogP contribution in [0.4, 0.5) is 5.69 Å². The second-order valence-corrected chi connectivity index (χ2v) is 5.89. The van der Waals surface area contributed by atoms with Crippen LogP contribution in [0, 0.1) is 5.92 Å². The Bertz CT molecular complexity index is 481. The summed E-state index contributed by atoms with van der Waals surface area (Å²) in [5, 5.41) is 2.79. The zero-order valence-electron chi connectivity index (χ0n) is 13.2. The molecule has 116 valence electrons. The van der Waals surface area contributed by atoms with E-state index in [1.54, 1.807) is 31.1 Å². The summed E-state index contributed by atoms with van der Waals surface area (Å²) in [6.45, 7) is 4.06. The molecule has 1 atom stereocenters. The second-order valence-electron chi connectivity index (χ2n) is 5.89. The van der Waals surface area contributed by atoms with E-state index in [-0.39, 0.29) is 11.8 Å². The summed E-state index contributed by atoms with van der Waals surface area (Å²) in [6.07, 6.45) is 1.01. The number of carbonyl (C=O) groups is 2. The van der Waals surface area contributed by atoms with Crippen LogP contribution in [-0.2, 0) is 16.0 Å². The monoisotopic (exact) mass is 291 g/mol. The molecule has 0 aliphatic heterocycles. The molecule has 0 unspecified atom stereocenters. The Balaban J connectivity index is 2.58. The fourth-order valence-corrected chi connectivity index (χ4v) is 1.89. The van der Waals surface area contributed by atoms with E-state index in [1.165, 1.54) is 0 Å². The van der Waals surface area contributed by atoms with Crippen LogP contribution in [0.1, 0.15) is 25.8 Å². The van der Waals surface area contributed by atoms with Crippen molar-refractivity contribution in [2.24, 2.45) is 11.7 Å². The number of rotatable bonds is 6. The Morgan fingerprint density at radius 3 is 2.24 bits per heavy atom. The molecule has 1 aromatic carbocycles. The Morgan fingerprint density at radius 2 is 1.76 bits per heavy atom. The van der Waals surface area contributed by atoms with Gasteiger partial charge in [-0.15, -0.1) is 0 Å². The van der Waals surface area contributed by atoms with E-state index in [0.29, 0.717) is 24.4 Å². The van der Waals surface area contributed by atoms with Crippen molar-refractivity contribution in [3.05, 3.63) is 29.8 Å². The quantitative estimate of drug-likeness (QED) is 0.836. The van der Waals surface area contributed by atoms with Gasteiger partial charge in [-0.05, 0) is 30.0 Å². The zero-order chi connectivity index (χ0) is 16.0. The normalized spacial score (nSPS) is 12.1. The van der Waals surface area contributed by atoms with Gasteiger partial charge in [0.15, 0.2) is 0 Å². The molecule has 0 saturated heterocycles. The van der Waals surface area contributed by atoms with Gasteiger partial charge in [0.2, 0.25) is 11.8 Å². The molecule has 3 N–H and O–H groups in total. The van der Waals surface area contributed by atoms with Gasteiger partial charge in [-0.1, -0.05) is 26.0 Å². The van der Waals surface area contributed by atoms with E-state index in [9.17, 15) is 9.59 Å². The lowest BCUT2D eigenvalue weighted by Crippen LogP contribution is -2.36. The topological polar surface area (TPSA) is 75.4 Å². The van der Waals surface area contributed by atoms with Crippen molar-refractivity contribution in [3.8, 4) is 0 Å². The van der Waals surface area contributed by atoms with E-state index in [4.69, 9.17) is 5.73 Å². The van der Waals surface area contributed by atoms with E-state index >= 15 is 0 Å². The fourth-order valence-electron chi connectivity index (χ4n) is 1.89. The largest absolute Gasteiger partial charge is 0.349 e. The first-order chi connectivity index (χ1) is 9.79. The van der Waals surface area contributed by atoms with Gasteiger partial charge >= 0.3 is 0 Å². The first kappa shape index (κ1) is 17.2. The molecule has 0 radical (unpaired) electrons. The van der Waals surface area contributed by atoms with Gasteiger partial charge in [-0.2, -0.15) is 0 Å². The maximum atomic E-state index is 11.9. The lowest BCUT2D eigenvalue weighted by atomic mass is 10.0. The van der Waals surface area contributed by atoms with Gasteiger partial charge < -0.3 is 16.0 Å².